The lowest BCUT2D eigenvalue weighted by Gasteiger charge is -2.06. The van der Waals surface area contributed by atoms with Gasteiger partial charge in [0.15, 0.2) is 0 Å². The molecule has 6 heteroatoms. The van der Waals surface area contributed by atoms with E-state index in [9.17, 15) is 4.79 Å². The van der Waals surface area contributed by atoms with Crippen LogP contribution in [0.15, 0.2) is 54.2 Å². The maximum atomic E-state index is 12.1. The van der Waals surface area contributed by atoms with Crippen LogP contribution in [0.4, 0.5) is 5.69 Å². The number of halogens is 2. The molecule has 0 radical (unpaired) electrons. The number of nitrogens with zero attached hydrogens (tertiary/aromatic N) is 1. The van der Waals surface area contributed by atoms with Crippen molar-refractivity contribution in [3.8, 4) is 6.07 Å². The number of nitrogens with one attached hydrogen (secondary N) is 2. The SMILES string of the molecule is Cc1ccc(N/C=C(/C#N)C(=O)NCc2ccc(Cl)cc2)cc1Cl. The van der Waals surface area contributed by atoms with Crippen molar-refractivity contribution in [1.82, 2.24) is 5.32 Å². The van der Waals surface area contributed by atoms with E-state index < -0.39 is 5.91 Å². The van der Waals surface area contributed by atoms with Crippen LogP contribution in [0.1, 0.15) is 11.1 Å². The van der Waals surface area contributed by atoms with Crippen molar-refractivity contribution in [2.45, 2.75) is 13.5 Å². The van der Waals surface area contributed by atoms with E-state index in [1.54, 1.807) is 18.2 Å². The molecular formula is C18H15Cl2N3O. The van der Waals surface area contributed by atoms with Crippen molar-refractivity contribution < 1.29 is 4.79 Å². The highest BCUT2D eigenvalue weighted by atomic mass is 35.5. The average Bonchev–Trinajstić information content (AvgIpc) is 2.58. The molecule has 2 aromatic carbocycles. The Morgan fingerprint density at radius 2 is 1.92 bits per heavy atom. The summed E-state index contributed by atoms with van der Waals surface area (Å²) in [6.45, 7) is 2.21. The third kappa shape index (κ3) is 5.02. The number of aryl methyl sites for hydroxylation is 1. The Morgan fingerprint density at radius 1 is 1.21 bits per heavy atom. The van der Waals surface area contributed by atoms with Crippen molar-refractivity contribution in [2.75, 3.05) is 5.32 Å². The number of carbonyl (C=O) groups excluding carboxylic acids is 1. The second-order valence-electron chi connectivity index (χ2n) is 5.09. The number of benzene rings is 2. The predicted octanol–water partition coefficient (Wildman–Crippen LogP) is 4.44. The van der Waals surface area contributed by atoms with Crippen molar-refractivity contribution >= 4 is 34.8 Å². The summed E-state index contributed by atoms with van der Waals surface area (Å²) in [6, 6.07) is 14.4. The number of carbonyl (C=O) groups is 1. The van der Waals surface area contributed by atoms with Gasteiger partial charge in [0.05, 0.1) is 0 Å². The lowest BCUT2D eigenvalue weighted by atomic mass is 10.2. The van der Waals surface area contributed by atoms with Crippen LogP contribution in [-0.2, 0) is 11.3 Å². The van der Waals surface area contributed by atoms with Crippen molar-refractivity contribution in [3.05, 3.63) is 75.4 Å². The third-order valence-corrected chi connectivity index (χ3v) is 3.95. The van der Waals surface area contributed by atoms with Gasteiger partial charge in [0.25, 0.3) is 5.91 Å². The molecule has 0 atom stereocenters. The molecule has 1 amide bonds. The molecular weight excluding hydrogens is 345 g/mol. The van der Waals surface area contributed by atoms with Crippen LogP contribution < -0.4 is 10.6 Å². The minimum absolute atomic E-state index is 0.0272. The molecule has 0 heterocycles. The third-order valence-electron chi connectivity index (χ3n) is 3.29. The number of rotatable bonds is 5. The zero-order valence-electron chi connectivity index (χ0n) is 12.9. The van der Waals surface area contributed by atoms with Gasteiger partial charge in [0.1, 0.15) is 11.6 Å². The fourth-order valence-electron chi connectivity index (χ4n) is 1.87. The lowest BCUT2D eigenvalue weighted by molar-refractivity contribution is -0.117. The Hall–Kier alpha value is -2.48. The second-order valence-corrected chi connectivity index (χ2v) is 5.93. The molecule has 122 valence electrons. The van der Waals surface area contributed by atoms with E-state index in [0.29, 0.717) is 22.3 Å². The van der Waals surface area contributed by atoms with Crippen molar-refractivity contribution in [3.63, 3.8) is 0 Å². The smallest absolute Gasteiger partial charge is 0.263 e. The van der Waals surface area contributed by atoms with Crippen molar-refractivity contribution in [1.29, 1.82) is 5.26 Å². The topological polar surface area (TPSA) is 64.9 Å². The quantitative estimate of drug-likeness (QED) is 0.612. The van der Waals surface area contributed by atoms with Gasteiger partial charge in [0.2, 0.25) is 0 Å². The average molecular weight is 360 g/mol. The summed E-state index contributed by atoms with van der Waals surface area (Å²) in [7, 11) is 0. The first-order chi connectivity index (χ1) is 11.5. The summed E-state index contributed by atoms with van der Waals surface area (Å²) in [6.07, 6.45) is 1.36. The van der Waals surface area contributed by atoms with Gasteiger partial charge in [0, 0.05) is 28.5 Å². The standard InChI is InChI=1S/C18H15Cl2N3O/c1-12-2-7-16(8-17(12)20)22-11-14(9-21)18(24)23-10-13-3-5-15(19)6-4-13/h2-8,11,22H,10H2,1H3,(H,23,24)/b14-11-. The zero-order valence-corrected chi connectivity index (χ0v) is 14.4. The monoisotopic (exact) mass is 359 g/mol. The Bertz CT molecular complexity index is 808. The van der Waals surface area contributed by atoms with Gasteiger partial charge in [-0.3, -0.25) is 4.79 Å². The molecule has 24 heavy (non-hydrogen) atoms. The Balaban J connectivity index is 1.98. The minimum atomic E-state index is -0.460. The van der Waals surface area contributed by atoms with Crippen LogP contribution in [0.25, 0.3) is 0 Å². The van der Waals surface area contributed by atoms with Crippen LogP contribution in [-0.4, -0.2) is 5.91 Å². The molecule has 0 unspecified atom stereocenters. The van der Waals surface area contributed by atoms with E-state index >= 15 is 0 Å². The summed E-state index contributed by atoms with van der Waals surface area (Å²) in [5.74, 6) is -0.460. The van der Waals surface area contributed by atoms with Gasteiger partial charge < -0.3 is 10.6 Å². The van der Waals surface area contributed by atoms with E-state index in [0.717, 1.165) is 11.1 Å². The first kappa shape index (κ1) is 17.9. The highest BCUT2D eigenvalue weighted by Gasteiger charge is 2.08. The van der Waals surface area contributed by atoms with E-state index in [1.165, 1.54) is 6.20 Å². The maximum absolute atomic E-state index is 12.1. The summed E-state index contributed by atoms with van der Waals surface area (Å²) >= 11 is 11.9. The molecule has 0 aromatic heterocycles. The molecule has 0 fully saturated rings. The summed E-state index contributed by atoms with van der Waals surface area (Å²) in [5.41, 5.74) is 2.51. The molecule has 2 N–H and O–H groups in total. The van der Waals surface area contributed by atoms with E-state index in [-0.39, 0.29) is 5.57 Å². The molecule has 0 aliphatic heterocycles. The Labute approximate surface area is 150 Å². The zero-order chi connectivity index (χ0) is 17.5. The first-order valence-corrected chi connectivity index (χ1v) is 7.91. The largest absolute Gasteiger partial charge is 0.360 e. The van der Waals surface area contributed by atoms with Gasteiger partial charge in [-0.05, 0) is 42.3 Å². The summed E-state index contributed by atoms with van der Waals surface area (Å²) in [5, 5.41) is 16.0. The number of hydrogen-bond donors (Lipinski definition) is 2. The van der Waals surface area contributed by atoms with Crippen LogP contribution in [0.2, 0.25) is 10.0 Å². The Kier molecular flexibility index (Phi) is 6.25. The number of nitriles is 1. The normalized spacial score (nSPS) is 10.8. The van der Waals surface area contributed by atoms with Crippen LogP contribution in [0.3, 0.4) is 0 Å². The highest BCUT2D eigenvalue weighted by Crippen LogP contribution is 2.20. The maximum Gasteiger partial charge on any atom is 0.263 e. The molecule has 0 saturated heterocycles. The summed E-state index contributed by atoms with van der Waals surface area (Å²) < 4.78 is 0. The molecule has 2 rings (SSSR count). The molecule has 4 nitrogen and oxygen atoms in total. The Morgan fingerprint density at radius 3 is 2.54 bits per heavy atom. The van der Waals surface area contributed by atoms with Crippen LogP contribution in [0, 0.1) is 18.3 Å². The van der Waals surface area contributed by atoms with Gasteiger partial charge in [-0.1, -0.05) is 41.4 Å². The minimum Gasteiger partial charge on any atom is -0.360 e. The lowest BCUT2D eigenvalue weighted by Crippen LogP contribution is -2.24. The second kappa shape index (κ2) is 8.39. The van der Waals surface area contributed by atoms with Crippen LogP contribution >= 0.6 is 23.2 Å². The van der Waals surface area contributed by atoms with E-state index in [2.05, 4.69) is 10.6 Å². The number of anilines is 1. The van der Waals surface area contributed by atoms with Crippen molar-refractivity contribution in [2.24, 2.45) is 0 Å². The van der Waals surface area contributed by atoms with E-state index in [1.807, 2.05) is 37.3 Å². The number of amides is 1. The van der Waals surface area contributed by atoms with Crippen LogP contribution in [0.5, 0.6) is 0 Å². The van der Waals surface area contributed by atoms with Gasteiger partial charge in [-0.2, -0.15) is 5.26 Å². The van der Waals surface area contributed by atoms with Gasteiger partial charge in [-0.25, -0.2) is 0 Å². The molecule has 0 spiro atoms. The molecule has 2 aromatic rings. The fourth-order valence-corrected chi connectivity index (χ4v) is 2.17. The molecule has 0 saturated carbocycles. The van der Waals surface area contributed by atoms with Gasteiger partial charge in [-0.15, -0.1) is 0 Å². The molecule has 0 aliphatic rings. The highest BCUT2D eigenvalue weighted by molar-refractivity contribution is 6.31. The molecule has 0 aliphatic carbocycles. The first-order valence-electron chi connectivity index (χ1n) is 7.15. The summed E-state index contributed by atoms with van der Waals surface area (Å²) in [4.78, 5) is 12.1. The van der Waals surface area contributed by atoms with Gasteiger partial charge >= 0.3 is 0 Å². The molecule has 0 bridgehead atoms. The number of hydrogen-bond acceptors (Lipinski definition) is 3. The predicted molar refractivity (Wildman–Crippen MR) is 96.8 cm³/mol. The fraction of sp³-hybridized carbons (Fsp3) is 0.111. The van der Waals surface area contributed by atoms with E-state index in [4.69, 9.17) is 28.5 Å².